The molecular formula is C13H17Cl2N. The van der Waals surface area contributed by atoms with Crippen LogP contribution >= 0.6 is 23.2 Å². The van der Waals surface area contributed by atoms with Crippen molar-refractivity contribution >= 4 is 33.9 Å². The minimum absolute atomic E-state index is 0.529. The van der Waals surface area contributed by atoms with E-state index in [4.69, 9.17) is 23.2 Å². The molecule has 0 bridgehead atoms. The SMILES string of the molecule is C=C(Cl)c1cc(Cl)ccc1N(C)CCCC. The second-order valence-electron chi connectivity index (χ2n) is 3.84. The molecule has 0 unspecified atom stereocenters. The highest BCUT2D eigenvalue weighted by molar-refractivity contribution is 6.49. The number of benzene rings is 1. The van der Waals surface area contributed by atoms with E-state index in [1.165, 1.54) is 6.42 Å². The highest BCUT2D eigenvalue weighted by atomic mass is 35.5. The van der Waals surface area contributed by atoms with E-state index in [1.54, 1.807) is 0 Å². The molecule has 1 nitrogen and oxygen atoms in total. The molecule has 88 valence electrons. The first-order valence-electron chi connectivity index (χ1n) is 5.41. The Labute approximate surface area is 108 Å². The minimum atomic E-state index is 0.529. The summed E-state index contributed by atoms with van der Waals surface area (Å²) < 4.78 is 0. The maximum atomic E-state index is 5.98. The van der Waals surface area contributed by atoms with Crippen LogP contribution in [0.2, 0.25) is 5.02 Å². The summed E-state index contributed by atoms with van der Waals surface area (Å²) in [6.45, 7) is 6.96. The van der Waals surface area contributed by atoms with Gasteiger partial charge in [-0.05, 0) is 24.6 Å². The van der Waals surface area contributed by atoms with E-state index in [0.29, 0.717) is 10.1 Å². The molecule has 0 aliphatic heterocycles. The molecule has 0 aliphatic carbocycles. The number of hydrogen-bond acceptors (Lipinski definition) is 1. The summed E-state index contributed by atoms with van der Waals surface area (Å²) in [5.41, 5.74) is 1.99. The summed E-state index contributed by atoms with van der Waals surface area (Å²) in [7, 11) is 2.06. The molecule has 16 heavy (non-hydrogen) atoms. The Morgan fingerprint density at radius 2 is 2.12 bits per heavy atom. The monoisotopic (exact) mass is 257 g/mol. The van der Waals surface area contributed by atoms with Crippen LogP contribution in [0.4, 0.5) is 5.69 Å². The molecule has 0 radical (unpaired) electrons. The van der Waals surface area contributed by atoms with Crippen LogP contribution in [0.5, 0.6) is 0 Å². The average molecular weight is 258 g/mol. The lowest BCUT2D eigenvalue weighted by Gasteiger charge is -2.22. The lowest BCUT2D eigenvalue weighted by atomic mass is 10.1. The van der Waals surface area contributed by atoms with Gasteiger partial charge in [0.25, 0.3) is 0 Å². The average Bonchev–Trinajstić information content (AvgIpc) is 2.25. The summed E-state index contributed by atoms with van der Waals surface area (Å²) in [4.78, 5) is 2.18. The molecule has 1 rings (SSSR count). The van der Waals surface area contributed by atoms with Crippen molar-refractivity contribution in [2.24, 2.45) is 0 Å². The van der Waals surface area contributed by atoms with Gasteiger partial charge in [-0.25, -0.2) is 0 Å². The predicted molar refractivity (Wildman–Crippen MR) is 74.5 cm³/mol. The highest BCUT2D eigenvalue weighted by Crippen LogP contribution is 2.30. The number of anilines is 1. The first kappa shape index (κ1) is 13.4. The molecule has 0 aliphatic rings. The van der Waals surface area contributed by atoms with Crippen LogP contribution in [0.1, 0.15) is 25.3 Å². The number of unbranched alkanes of at least 4 members (excludes halogenated alkanes) is 1. The summed E-state index contributed by atoms with van der Waals surface area (Å²) in [5.74, 6) is 0. The van der Waals surface area contributed by atoms with Gasteiger partial charge in [0, 0.05) is 34.9 Å². The van der Waals surface area contributed by atoms with Gasteiger partial charge < -0.3 is 4.90 Å². The zero-order chi connectivity index (χ0) is 12.1. The second-order valence-corrected chi connectivity index (χ2v) is 4.73. The number of nitrogens with zero attached hydrogens (tertiary/aromatic N) is 1. The Hall–Kier alpha value is -0.660. The van der Waals surface area contributed by atoms with Crippen LogP contribution in [-0.4, -0.2) is 13.6 Å². The standard InChI is InChI=1S/C13H17Cl2N/c1-4-5-8-16(3)13-7-6-11(15)9-12(13)10(2)14/h6-7,9H,2,4-5,8H2,1,3H3. The topological polar surface area (TPSA) is 3.24 Å². The van der Waals surface area contributed by atoms with Gasteiger partial charge in [0.1, 0.15) is 0 Å². The molecule has 0 spiro atoms. The second kappa shape index (κ2) is 6.17. The number of rotatable bonds is 5. The van der Waals surface area contributed by atoms with E-state index >= 15 is 0 Å². The van der Waals surface area contributed by atoms with E-state index < -0.39 is 0 Å². The van der Waals surface area contributed by atoms with Crippen molar-refractivity contribution in [2.75, 3.05) is 18.5 Å². The smallest absolute Gasteiger partial charge is 0.0453 e. The van der Waals surface area contributed by atoms with Gasteiger partial charge in [-0.15, -0.1) is 0 Å². The molecular weight excluding hydrogens is 241 g/mol. The van der Waals surface area contributed by atoms with E-state index in [-0.39, 0.29) is 0 Å². The normalized spacial score (nSPS) is 10.2. The Morgan fingerprint density at radius 3 is 2.69 bits per heavy atom. The molecule has 0 amide bonds. The van der Waals surface area contributed by atoms with Crippen molar-refractivity contribution in [3.8, 4) is 0 Å². The molecule has 0 atom stereocenters. The van der Waals surface area contributed by atoms with Crippen molar-refractivity contribution in [1.82, 2.24) is 0 Å². The molecule has 1 aromatic rings. The van der Waals surface area contributed by atoms with Crippen molar-refractivity contribution < 1.29 is 0 Å². The number of hydrogen-bond donors (Lipinski definition) is 0. The molecule has 0 heterocycles. The Morgan fingerprint density at radius 1 is 1.44 bits per heavy atom. The van der Waals surface area contributed by atoms with Gasteiger partial charge in [-0.2, -0.15) is 0 Å². The van der Waals surface area contributed by atoms with E-state index in [9.17, 15) is 0 Å². The maximum Gasteiger partial charge on any atom is 0.0453 e. The first-order valence-corrected chi connectivity index (χ1v) is 6.17. The van der Waals surface area contributed by atoms with Crippen LogP contribution in [0.15, 0.2) is 24.8 Å². The lowest BCUT2D eigenvalue weighted by Crippen LogP contribution is -2.19. The number of halogens is 2. The van der Waals surface area contributed by atoms with Crippen LogP contribution < -0.4 is 4.90 Å². The van der Waals surface area contributed by atoms with Gasteiger partial charge >= 0.3 is 0 Å². The largest absolute Gasteiger partial charge is 0.374 e. The minimum Gasteiger partial charge on any atom is -0.374 e. The van der Waals surface area contributed by atoms with Gasteiger partial charge in [0.2, 0.25) is 0 Å². The van der Waals surface area contributed by atoms with Gasteiger partial charge in [-0.1, -0.05) is 43.1 Å². The molecule has 0 N–H and O–H groups in total. The van der Waals surface area contributed by atoms with Crippen molar-refractivity contribution in [2.45, 2.75) is 19.8 Å². The Bertz CT molecular complexity index is 374. The predicted octanol–water partition coefficient (Wildman–Crippen LogP) is 4.79. The van der Waals surface area contributed by atoms with Crippen molar-refractivity contribution in [1.29, 1.82) is 0 Å². The molecule has 0 saturated carbocycles. The molecule has 1 aromatic carbocycles. The maximum absolute atomic E-state index is 5.98. The van der Waals surface area contributed by atoms with Crippen LogP contribution in [0, 0.1) is 0 Å². The van der Waals surface area contributed by atoms with Crippen molar-refractivity contribution in [3.05, 3.63) is 35.4 Å². The summed E-state index contributed by atoms with van der Waals surface area (Å²) in [5, 5.41) is 1.21. The quantitative estimate of drug-likeness (QED) is 0.734. The molecule has 3 heteroatoms. The fourth-order valence-electron chi connectivity index (χ4n) is 1.57. The first-order chi connectivity index (χ1) is 7.56. The third-order valence-corrected chi connectivity index (χ3v) is 2.95. The molecule has 0 saturated heterocycles. The fourth-order valence-corrected chi connectivity index (χ4v) is 1.90. The van der Waals surface area contributed by atoms with Crippen LogP contribution in [0.3, 0.4) is 0 Å². The van der Waals surface area contributed by atoms with Crippen LogP contribution in [-0.2, 0) is 0 Å². The van der Waals surface area contributed by atoms with Gasteiger partial charge in [0.05, 0.1) is 0 Å². The zero-order valence-electron chi connectivity index (χ0n) is 9.76. The van der Waals surface area contributed by atoms with E-state index in [2.05, 4.69) is 25.5 Å². The highest BCUT2D eigenvalue weighted by Gasteiger charge is 2.09. The summed E-state index contributed by atoms with van der Waals surface area (Å²) in [6.07, 6.45) is 2.34. The molecule has 0 aromatic heterocycles. The lowest BCUT2D eigenvalue weighted by molar-refractivity contribution is 0.766. The van der Waals surface area contributed by atoms with Crippen LogP contribution in [0.25, 0.3) is 5.03 Å². The third kappa shape index (κ3) is 3.43. The van der Waals surface area contributed by atoms with Gasteiger partial charge in [-0.3, -0.25) is 0 Å². The van der Waals surface area contributed by atoms with Gasteiger partial charge in [0.15, 0.2) is 0 Å². The van der Waals surface area contributed by atoms with Crippen molar-refractivity contribution in [3.63, 3.8) is 0 Å². The summed E-state index contributed by atoms with van der Waals surface area (Å²) in [6, 6.07) is 5.72. The Balaban J connectivity index is 2.98. The fraction of sp³-hybridized carbons (Fsp3) is 0.385. The zero-order valence-corrected chi connectivity index (χ0v) is 11.3. The Kier molecular flexibility index (Phi) is 5.17. The molecule has 0 fully saturated rings. The summed E-state index contributed by atoms with van der Waals surface area (Å²) >= 11 is 11.9. The van der Waals surface area contributed by atoms with E-state index in [1.807, 2.05) is 18.2 Å². The van der Waals surface area contributed by atoms with E-state index in [0.717, 1.165) is 24.2 Å². The third-order valence-electron chi connectivity index (χ3n) is 2.51.